The fourth-order valence-electron chi connectivity index (χ4n) is 0.528. The van der Waals surface area contributed by atoms with Gasteiger partial charge in [-0.15, -0.1) is 0 Å². The normalized spacial score (nSPS) is 9.53. The van der Waals surface area contributed by atoms with Crippen LogP contribution in [0.3, 0.4) is 0 Å². The summed E-state index contributed by atoms with van der Waals surface area (Å²) in [5, 5.41) is 0. The van der Waals surface area contributed by atoms with Crippen molar-refractivity contribution in [2.45, 2.75) is 20.8 Å². The van der Waals surface area contributed by atoms with Crippen molar-refractivity contribution in [2.24, 2.45) is 0 Å². The highest BCUT2D eigenvalue weighted by atomic mass is 31.2. The van der Waals surface area contributed by atoms with Crippen molar-refractivity contribution < 1.29 is 32.5 Å². The van der Waals surface area contributed by atoms with E-state index in [1.54, 1.807) is 0 Å². The Kier molecular flexibility index (Phi) is 6.58. The molecule has 0 saturated carbocycles. The van der Waals surface area contributed by atoms with Gasteiger partial charge in [-0.3, -0.25) is 14.4 Å². The molecule has 0 fully saturated rings. The maximum atomic E-state index is 11.3. The van der Waals surface area contributed by atoms with E-state index in [0.717, 1.165) is 20.8 Å². The zero-order valence-corrected chi connectivity index (χ0v) is 9.41. The fourth-order valence-corrected chi connectivity index (χ4v) is 1.58. The summed E-state index contributed by atoms with van der Waals surface area (Å²) < 4.78 is 23.6. The van der Waals surface area contributed by atoms with Crippen molar-refractivity contribution in [1.82, 2.24) is 6.15 Å². The molecule has 0 aliphatic rings. The average molecular weight is 241 g/mol. The molecule has 0 atom stereocenters. The van der Waals surface area contributed by atoms with Crippen molar-refractivity contribution in [2.75, 3.05) is 0 Å². The predicted molar refractivity (Wildman–Crippen MR) is 47.9 cm³/mol. The van der Waals surface area contributed by atoms with Crippen LogP contribution in [0.25, 0.3) is 0 Å². The van der Waals surface area contributed by atoms with Gasteiger partial charge >= 0.3 is 25.7 Å². The highest BCUT2D eigenvalue weighted by Gasteiger charge is 2.36. The van der Waals surface area contributed by atoms with Gasteiger partial charge in [-0.25, -0.2) is 0 Å². The Morgan fingerprint density at radius 3 is 1.13 bits per heavy atom. The first-order valence-corrected chi connectivity index (χ1v) is 4.92. The SMILES string of the molecule is CC(=O)OP(=O)(OC(C)=O)OC(C)=O.N. The van der Waals surface area contributed by atoms with Gasteiger partial charge in [-0.1, -0.05) is 0 Å². The van der Waals surface area contributed by atoms with Crippen molar-refractivity contribution in [3.05, 3.63) is 0 Å². The molecule has 3 N–H and O–H groups in total. The Morgan fingerprint density at radius 1 is 0.800 bits per heavy atom. The van der Waals surface area contributed by atoms with E-state index in [2.05, 4.69) is 13.6 Å². The lowest BCUT2D eigenvalue weighted by Gasteiger charge is -2.12. The Morgan fingerprint density at radius 2 is 1.00 bits per heavy atom. The molecule has 0 aromatic heterocycles. The van der Waals surface area contributed by atoms with E-state index in [0.29, 0.717) is 0 Å². The molecule has 0 amide bonds. The van der Waals surface area contributed by atoms with Gasteiger partial charge in [0.1, 0.15) is 0 Å². The third kappa shape index (κ3) is 7.65. The van der Waals surface area contributed by atoms with E-state index in [-0.39, 0.29) is 6.15 Å². The van der Waals surface area contributed by atoms with Crippen LogP contribution < -0.4 is 6.15 Å². The summed E-state index contributed by atoms with van der Waals surface area (Å²) >= 11 is 0. The Hall–Kier alpha value is -1.40. The highest BCUT2D eigenvalue weighted by Crippen LogP contribution is 2.49. The van der Waals surface area contributed by atoms with Crippen LogP contribution in [0.1, 0.15) is 20.8 Å². The van der Waals surface area contributed by atoms with Crippen molar-refractivity contribution in [1.29, 1.82) is 0 Å². The van der Waals surface area contributed by atoms with Crippen molar-refractivity contribution in [3.8, 4) is 0 Å². The van der Waals surface area contributed by atoms with E-state index in [9.17, 15) is 18.9 Å². The molecule has 15 heavy (non-hydrogen) atoms. The summed E-state index contributed by atoms with van der Waals surface area (Å²) in [5.41, 5.74) is 0. The molecule has 0 aromatic carbocycles. The Bertz CT molecular complexity index is 265. The monoisotopic (exact) mass is 241 g/mol. The molecular weight excluding hydrogens is 229 g/mol. The lowest BCUT2D eigenvalue weighted by molar-refractivity contribution is -0.141. The van der Waals surface area contributed by atoms with Crippen LogP contribution in [-0.2, 0) is 32.5 Å². The largest absolute Gasteiger partial charge is 0.653 e. The minimum absolute atomic E-state index is 0. The average Bonchev–Trinajstić information content (AvgIpc) is 1.76. The van der Waals surface area contributed by atoms with Crippen molar-refractivity contribution in [3.63, 3.8) is 0 Å². The number of phosphoric acid groups is 1. The topological polar surface area (TPSA) is 131 Å². The smallest absolute Gasteiger partial charge is 0.352 e. The van der Waals surface area contributed by atoms with Crippen LogP contribution in [0.4, 0.5) is 0 Å². The van der Waals surface area contributed by atoms with Gasteiger partial charge in [-0.2, -0.15) is 4.57 Å². The maximum Gasteiger partial charge on any atom is 0.653 e. The van der Waals surface area contributed by atoms with E-state index < -0.39 is 25.7 Å². The van der Waals surface area contributed by atoms with Crippen LogP contribution in [0.5, 0.6) is 0 Å². The molecule has 88 valence electrons. The third-order valence-corrected chi connectivity index (χ3v) is 2.16. The summed E-state index contributed by atoms with van der Waals surface area (Å²) in [5.74, 6) is -2.97. The molecule has 0 spiro atoms. The van der Waals surface area contributed by atoms with Gasteiger partial charge in [0.2, 0.25) is 0 Å². The second-order valence-corrected chi connectivity index (χ2v) is 3.64. The molecule has 0 unspecified atom stereocenters. The number of hydrogen-bond acceptors (Lipinski definition) is 8. The standard InChI is InChI=1S/C6H9O7P.H3N/c1-4(7)11-14(10,12-5(2)8)13-6(3)9;/h1-3H3;1H3. The fraction of sp³-hybridized carbons (Fsp3) is 0.500. The first-order valence-electron chi connectivity index (χ1n) is 3.46. The Labute approximate surface area is 86.1 Å². The summed E-state index contributed by atoms with van der Waals surface area (Å²) in [7, 11) is -4.44. The van der Waals surface area contributed by atoms with Crippen LogP contribution in [0.2, 0.25) is 0 Å². The second kappa shape index (κ2) is 6.15. The molecule has 8 nitrogen and oxygen atoms in total. The van der Waals surface area contributed by atoms with Gasteiger partial charge in [0.15, 0.2) is 0 Å². The van der Waals surface area contributed by atoms with Gasteiger partial charge in [0, 0.05) is 20.8 Å². The van der Waals surface area contributed by atoms with E-state index in [4.69, 9.17) is 0 Å². The van der Waals surface area contributed by atoms with Gasteiger partial charge < -0.3 is 19.7 Å². The number of carbonyl (C=O) groups excluding carboxylic acids is 3. The maximum absolute atomic E-state index is 11.3. The van der Waals surface area contributed by atoms with Crippen LogP contribution >= 0.6 is 7.82 Å². The second-order valence-electron chi connectivity index (χ2n) is 2.20. The molecule has 9 heteroatoms. The minimum atomic E-state index is -4.44. The zero-order valence-electron chi connectivity index (χ0n) is 8.51. The number of rotatable bonds is 3. The van der Waals surface area contributed by atoms with Gasteiger partial charge in [0.05, 0.1) is 0 Å². The number of carbonyl (C=O) groups is 3. The highest BCUT2D eigenvalue weighted by molar-refractivity contribution is 7.50. The molecule has 0 heterocycles. The minimum Gasteiger partial charge on any atom is -0.352 e. The molecule has 0 aliphatic heterocycles. The van der Waals surface area contributed by atoms with Crippen LogP contribution in [-0.4, -0.2) is 17.9 Å². The predicted octanol–water partition coefficient (Wildman–Crippen LogP) is 0.946. The molecule has 0 saturated heterocycles. The van der Waals surface area contributed by atoms with E-state index >= 15 is 0 Å². The summed E-state index contributed by atoms with van der Waals surface area (Å²) in [6.07, 6.45) is 0. The molecule has 0 rings (SSSR count). The quantitative estimate of drug-likeness (QED) is 0.722. The molecule has 0 bridgehead atoms. The summed E-state index contributed by atoms with van der Waals surface area (Å²) in [6, 6.07) is 0. The zero-order chi connectivity index (χ0) is 11.4. The third-order valence-electron chi connectivity index (χ3n) is 0.721. The molecular formula is C6H12NO7P. The van der Waals surface area contributed by atoms with Gasteiger partial charge in [0.25, 0.3) is 0 Å². The van der Waals surface area contributed by atoms with Crippen molar-refractivity contribution >= 4 is 25.7 Å². The lowest BCUT2D eigenvalue weighted by Crippen LogP contribution is -2.09. The molecule has 0 aromatic rings. The first kappa shape index (κ1) is 16.0. The van der Waals surface area contributed by atoms with E-state index in [1.807, 2.05) is 0 Å². The molecule has 0 aliphatic carbocycles. The van der Waals surface area contributed by atoms with Gasteiger partial charge in [-0.05, 0) is 0 Å². The lowest BCUT2D eigenvalue weighted by atomic mass is 10.9. The van der Waals surface area contributed by atoms with Crippen LogP contribution in [0, 0.1) is 0 Å². The summed E-state index contributed by atoms with van der Waals surface area (Å²) in [4.78, 5) is 31.3. The summed E-state index contributed by atoms with van der Waals surface area (Å²) in [6.45, 7) is 2.79. The van der Waals surface area contributed by atoms with Crippen LogP contribution in [0.15, 0.2) is 0 Å². The molecule has 0 radical (unpaired) electrons. The number of phosphoric ester groups is 1. The number of hydrogen-bond donors (Lipinski definition) is 1. The van der Waals surface area contributed by atoms with E-state index in [1.165, 1.54) is 0 Å². The Balaban J connectivity index is 0. The first-order chi connectivity index (χ1) is 6.25.